The lowest BCUT2D eigenvalue weighted by molar-refractivity contribution is -0.130. The molecule has 3 rings (SSSR count). The highest BCUT2D eigenvalue weighted by molar-refractivity contribution is 7.09. The number of thiazole rings is 1. The molecule has 0 aliphatic carbocycles. The summed E-state index contributed by atoms with van der Waals surface area (Å²) >= 11 is 1.62. The number of Topliss-reactive ketones (excluding diaryl/α,β-unsaturated/α-hetero) is 1. The number of carbonyl (C=O) groups is 2. The van der Waals surface area contributed by atoms with E-state index < -0.39 is 0 Å². The lowest BCUT2D eigenvalue weighted by Crippen LogP contribution is -2.35. The van der Waals surface area contributed by atoms with Gasteiger partial charge in [-0.05, 0) is 12.1 Å². The van der Waals surface area contributed by atoms with Crippen molar-refractivity contribution < 1.29 is 19.1 Å². The summed E-state index contributed by atoms with van der Waals surface area (Å²) in [6.07, 6.45) is 0.320. The van der Waals surface area contributed by atoms with Gasteiger partial charge in [0.1, 0.15) is 10.8 Å². The van der Waals surface area contributed by atoms with Crippen LogP contribution in [0.15, 0.2) is 29.6 Å². The molecule has 1 fully saturated rings. The van der Waals surface area contributed by atoms with E-state index in [9.17, 15) is 9.59 Å². The minimum absolute atomic E-state index is 0.0732. The van der Waals surface area contributed by atoms with Gasteiger partial charge in [-0.1, -0.05) is 12.1 Å². The molecular formula is C21H27N3O4S. The molecule has 1 amide bonds. The van der Waals surface area contributed by atoms with Gasteiger partial charge in [-0.15, -0.1) is 11.3 Å². The topological polar surface area (TPSA) is 72.0 Å². The van der Waals surface area contributed by atoms with Crippen molar-refractivity contribution in [2.45, 2.75) is 25.9 Å². The molecule has 0 atom stereocenters. The molecule has 0 unspecified atom stereocenters. The summed E-state index contributed by atoms with van der Waals surface area (Å²) < 4.78 is 10.6. The second kappa shape index (κ2) is 10.5. The van der Waals surface area contributed by atoms with Gasteiger partial charge in [0, 0.05) is 38.4 Å². The van der Waals surface area contributed by atoms with E-state index in [1.165, 1.54) is 7.11 Å². The van der Waals surface area contributed by atoms with Crippen LogP contribution in [0.1, 0.15) is 33.9 Å². The quantitative estimate of drug-likeness (QED) is 0.584. The number of hydrogen-bond donors (Lipinski definition) is 0. The van der Waals surface area contributed by atoms with E-state index in [2.05, 4.69) is 9.88 Å². The van der Waals surface area contributed by atoms with Crippen LogP contribution in [-0.4, -0.2) is 66.9 Å². The van der Waals surface area contributed by atoms with Crippen molar-refractivity contribution in [2.24, 2.45) is 0 Å². The van der Waals surface area contributed by atoms with E-state index in [0.29, 0.717) is 17.9 Å². The molecule has 0 bridgehead atoms. The van der Waals surface area contributed by atoms with Crippen molar-refractivity contribution in [1.82, 2.24) is 14.8 Å². The fourth-order valence-electron chi connectivity index (χ4n) is 3.20. The summed E-state index contributed by atoms with van der Waals surface area (Å²) in [5.74, 6) is 0.371. The van der Waals surface area contributed by atoms with Gasteiger partial charge in [0.2, 0.25) is 5.91 Å². The van der Waals surface area contributed by atoms with E-state index in [4.69, 9.17) is 9.47 Å². The number of ketones is 1. The predicted molar refractivity (Wildman–Crippen MR) is 111 cm³/mol. The van der Waals surface area contributed by atoms with Gasteiger partial charge >= 0.3 is 0 Å². The highest BCUT2D eigenvalue weighted by Crippen LogP contribution is 2.20. The third-order valence-electron chi connectivity index (χ3n) is 4.86. The van der Waals surface area contributed by atoms with Crippen LogP contribution in [0.5, 0.6) is 5.75 Å². The van der Waals surface area contributed by atoms with Gasteiger partial charge in [0.15, 0.2) is 5.78 Å². The third kappa shape index (κ3) is 6.09. The first-order valence-electron chi connectivity index (χ1n) is 9.70. The molecule has 2 heterocycles. The van der Waals surface area contributed by atoms with Crippen LogP contribution in [0.25, 0.3) is 0 Å². The molecule has 156 valence electrons. The number of rotatable bonds is 9. The number of nitrogens with zero attached hydrogens (tertiary/aromatic N) is 3. The summed E-state index contributed by atoms with van der Waals surface area (Å²) in [4.78, 5) is 33.5. The van der Waals surface area contributed by atoms with Crippen LogP contribution in [-0.2, 0) is 22.6 Å². The van der Waals surface area contributed by atoms with Crippen LogP contribution in [0, 0.1) is 0 Å². The standard InChI is InChI=1S/C21H27N3O4S/c1-23(13-16-15-29-20(22-16)14-24-9-11-28-12-10-24)21(26)8-7-18(25)17-5-3-4-6-19(17)27-2/h3-6,15H,7-14H2,1-2H3. The highest BCUT2D eigenvalue weighted by Gasteiger charge is 2.17. The number of carbonyl (C=O) groups excluding carboxylic acids is 2. The monoisotopic (exact) mass is 417 g/mol. The van der Waals surface area contributed by atoms with Gasteiger partial charge in [-0.3, -0.25) is 14.5 Å². The van der Waals surface area contributed by atoms with Gasteiger partial charge in [0.25, 0.3) is 0 Å². The number of amides is 1. The minimum atomic E-state index is -0.0920. The lowest BCUT2D eigenvalue weighted by Gasteiger charge is -2.25. The van der Waals surface area contributed by atoms with E-state index in [0.717, 1.165) is 43.5 Å². The summed E-state index contributed by atoms with van der Waals surface area (Å²) in [5.41, 5.74) is 1.39. The Labute approximate surface area is 175 Å². The van der Waals surface area contributed by atoms with Gasteiger partial charge in [0.05, 0.1) is 44.7 Å². The maximum absolute atomic E-state index is 12.5. The summed E-state index contributed by atoms with van der Waals surface area (Å²) in [6, 6.07) is 7.08. The Balaban J connectivity index is 1.47. The van der Waals surface area contributed by atoms with Crippen LogP contribution in [0.4, 0.5) is 0 Å². The fraction of sp³-hybridized carbons (Fsp3) is 0.476. The minimum Gasteiger partial charge on any atom is -0.496 e. The molecule has 1 aromatic carbocycles. The second-order valence-electron chi connectivity index (χ2n) is 6.99. The fourth-order valence-corrected chi connectivity index (χ4v) is 4.02. The number of aromatic nitrogens is 1. The second-order valence-corrected chi connectivity index (χ2v) is 7.94. The molecular weight excluding hydrogens is 390 g/mol. The average Bonchev–Trinajstić information content (AvgIpc) is 3.18. The van der Waals surface area contributed by atoms with Crippen molar-refractivity contribution >= 4 is 23.0 Å². The molecule has 2 aromatic rings. The maximum Gasteiger partial charge on any atom is 0.223 e. The predicted octanol–water partition coefficient (Wildman–Crippen LogP) is 2.61. The van der Waals surface area contributed by atoms with Crippen molar-refractivity contribution in [3.63, 3.8) is 0 Å². The average molecular weight is 418 g/mol. The third-order valence-corrected chi connectivity index (χ3v) is 5.74. The maximum atomic E-state index is 12.5. The molecule has 7 nitrogen and oxygen atoms in total. The Morgan fingerprint density at radius 1 is 1.24 bits per heavy atom. The Hall–Kier alpha value is -2.29. The van der Waals surface area contributed by atoms with E-state index >= 15 is 0 Å². The van der Waals surface area contributed by atoms with Crippen molar-refractivity contribution in [1.29, 1.82) is 0 Å². The SMILES string of the molecule is COc1ccccc1C(=O)CCC(=O)N(C)Cc1csc(CN2CCOCC2)n1. The Kier molecular flexibility index (Phi) is 7.74. The smallest absolute Gasteiger partial charge is 0.223 e. The summed E-state index contributed by atoms with van der Waals surface area (Å²) in [6.45, 7) is 4.65. The largest absolute Gasteiger partial charge is 0.496 e. The van der Waals surface area contributed by atoms with Gasteiger partial charge < -0.3 is 14.4 Å². The van der Waals surface area contributed by atoms with E-state index in [1.807, 2.05) is 11.4 Å². The summed E-state index contributed by atoms with van der Waals surface area (Å²) in [5, 5.41) is 3.05. The molecule has 1 aromatic heterocycles. The normalized spacial score (nSPS) is 14.6. The first kappa shape index (κ1) is 21.4. The Morgan fingerprint density at radius 3 is 2.76 bits per heavy atom. The molecule has 29 heavy (non-hydrogen) atoms. The zero-order valence-corrected chi connectivity index (χ0v) is 17.7. The number of morpholine rings is 1. The highest BCUT2D eigenvalue weighted by atomic mass is 32.1. The van der Waals surface area contributed by atoms with Crippen LogP contribution < -0.4 is 4.74 Å². The van der Waals surface area contributed by atoms with E-state index in [-0.39, 0.29) is 24.5 Å². The Bertz CT molecular complexity index is 833. The van der Waals surface area contributed by atoms with Crippen LogP contribution in [0.2, 0.25) is 0 Å². The molecule has 0 saturated carbocycles. The molecule has 0 spiro atoms. The van der Waals surface area contributed by atoms with E-state index in [1.54, 1.807) is 41.5 Å². The molecule has 1 saturated heterocycles. The zero-order valence-electron chi connectivity index (χ0n) is 16.9. The Morgan fingerprint density at radius 2 is 2.00 bits per heavy atom. The number of hydrogen-bond acceptors (Lipinski definition) is 7. The van der Waals surface area contributed by atoms with Gasteiger partial charge in [-0.2, -0.15) is 0 Å². The first-order chi connectivity index (χ1) is 14.1. The molecule has 8 heteroatoms. The van der Waals surface area contributed by atoms with Crippen molar-refractivity contribution in [3.8, 4) is 5.75 Å². The van der Waals surface area contributed by atoms with Crippen molar-refractivity contribution in [3.05, 3.63) is 45.9 Å². The molecule has 1 aliphatic heterocycles. The number of benzene rings is 1. The lowest BCUT2D eigenvalue weighted by atomic mass is 10.1. The summed E-state index contributed by atoms with van der Waals surface area (Å²) in [7, 11) is 3.28. The molecule has 0 N–H and O–H groups in total. The van der Waals surface area contributed by atoms with Crippen molar-refractivity contribution in [2.75, 3.05) is 40.5 Å². The first-order valence-corrected chi connectivity index (χ1v) is 10.6. The van der Waals surface area contributed by atoms with Crippen LogP contribution >= 0.6 is 11.3 Å². The number of methoxy groups -OCH3 is 1. The number of para-hydroxylation sites is 1. The van der Waals surface area contributed by atoms with Gasteiger partial charge in [-0.25, -0.2) is 4.98 Å². The molecule has 0 radical (unpaired) electrons. The van der Waals surface area contributed by atoms with Crippen LogP contribution in [0.3, 0.4) is 0 Å². The molecule has 1 aliphatic rings. The number of ether oxygens (including phenoxy) is 2. The zero-order chi connectivity index (χ0) is 20.6.